The summed E-state index contributed by atoms with van der Waals surface area (Å²) in [6, 6.07) is 5.76. The van der Waals surface area contributed by atoms with Crippen LogP contribution in [-0.2, 0) is 19.1 Å². The summed E-state index contributed by atoms with van der Waals surface area (Å²) in [5.74, 6) is -3.28. The molecule has 130 valence electrons. The Bertz CT molecular complexity index is 660. The molecule has 6 nitrogen and oxygen atoms in total. The Morgan fingerprint density at radius 2 is 1.75 bits per heavy atom. The van der Waals surface area contributed by atoms with E-state index >= 15 is 0 Å². The highest BCUT2D eigenvalue weighted by atomic mass is 19.4. The molecule has 1 aliphatic rings. The van der Waals surface area contributed by atoms with Gasteiger partial charge in [-0.25, -0.2) is 9.59 Å². The number of benzene rings is 1. The van der Waals surface area contributed by atoms with Crippen LogP contribution in [0, 0.1) is 0 Å². The van der Waals surface area contributed by atoms with Crippen molar-refractivity contribution in [1.82, 2.24) is 0 Å². The Balaban J connectivity index is 2.14. The first-order valence-electron chi connectivity index (χ1n) is 6.79. The maximum Gasteiger partial charge on any atom is 0.422 e. The first kappa shape index (κ1) is 17.6. The molecular formula is C15H14F3NO5. The predicted octanol–water partition coefficient (Wildman–Crippen LogP) is 2.76. The minimum absolute atomic E-state index is 0.0930. The monoisotopic (exact) mass is 345 g/mol. The number of nitrogens with one attached hydrogen (secondary N) is 1. The molecule has 1 aromatic carbocycles. The number of hydrogen-bond donors (Lipinski definition) is 1. The molecule has 0 unspecified atom stereocenters. The minimum atomic E-state index is -4.49. The molecule has 0 aromatic heterocycles. The number of carbonyl (C=O) groups excluding carboxylic acids is 2. The zero-order valence-electron chi connectivity index (χ0n) is 12.8. The number of cyclic esters (lactones) is 2. The van der Waals surface area contributed by atoms with Crippen LogP contribution >= 0.6 is 0 Å². The molecule has 0 spiro atoms. The van der Waals surface area contributed by atoms with Gasteiger partial charge in [0.25, 0.3) is 5.79 Å². The van der Waals surface area contributed by atoms with Crippen molar-refractivity contribution in [1.29, 1.82) is 0 Å². The van der Waals surface area contributed by atoms with E-state index in [1.807, 2.05) is 0 Å². The molecule has 0 saturated carbocycles. The first-order valence-corrected chi connectivity index (χ1v) is 6.79. The summed E-state index contributed by atoms with van der Waals surface area (Å²) in [5.41, 5.74) is -0.278. The molecule has 0 amide bonds. The summed E-state index contributed by atoms with van der Waals surface area (Å²) in [5, 5.41) is 2.55. The highest BCUT2D eigenvalue weighted by Crippen LogP contribution is 2.27. The number of carbonyl (C=O) groups is 2. The van der Waals surface area contributed by atoms with Crippen molar-refractivity contribution in [3.63, 3.8) is 0 Å². The highest BCUT2D eigenvalue weighted by Gasteiger charge is 2.39. The fraction of sp³-hybridized carbons (Fsp3) is 0.333. The van der Waals surface area contributed by atoms with Crippen molar-refractivity contribution in [2.75, 3.05) is 11.9 Å². The summed E-state index contributed by atoms with van der Waals surface area (Å²) in [4.78, 5) is 23.5. The van der Waals surface area contributed by atoms with Crippen LogP contribution in [0.3, 0.4) is 0 Å². The number of para-hydroxylation sites is 2. The Morgan fingerprint density at radius 1 is 1.17 bits per heavy atom. The van der Waals surface area contributed by atoms with Gasteiger partial charge in [-0.1, -0.05) is 12.1 Å². The van der Waals surface area contributed by atoms with Crippen molar-refractivity contribution in [2.24, 2.45) is 0 Å². The Hall–Kier alpha value is -2.71. The van der Waals surface area contributed by atoms with E-state index in [4.69, 9.17) is 9.47 Å². The molecule has 1 aromatic rings. The third-order valence-corrected chi connectivity index (χ3v) is 2.77. The summed E-state index contributed by atoms with van der Waals surface area (Å²) in [6.07, 6.45) is -3.50. The van der Waals surface area contributed by atoms with E-state index in [0.717, 1.165) is 6.20 Å². The molecule has 1 aliphatic heterocycles. The standard InChI is InChI=1S/C15H14F3NO5/c1-14(2)23-12(20)9(13(21)24-14)7-19-10-5-3-4-6-11(10)22-8-15(16,17)18/h3-7,19H,8H2,1-2H3. The van der Waals surface area contributed by atoms with Crippen LogP contribution in [0.4, 0.5) is 18.9 Å². The van der Waals surface area contributed by atoms with Gasteiger partial charge in [-0.3, -0.25) is 0 Å². The lowest BCUT2D eigenvalue weighted by atomic mass is 10.2. The first-order chi connectivity index (χ1) is 11.1. The summed E-state index contributed by atoms with van der Waals surface area (Å²) >= 11 is 0. The molecule has 1 saturated heterocycles. The number of halogens is 3. The van der Waals surface area contributed by atoms with Crippen molar-refractivity contribution >= 4 is 17.6 Å². The molecule has 1 heterocycles. The minimum Gasteiger partial charge on any atom is -0.482 e. The summed E-state index contributed by atoms with van der Waals surface area (Å²) in [6.45, 7) is 1.32. The number of anilines is 1. The smallest absolute Gasteiger partial charge is 0.422 e. The maximum atomic E-state index is 12.2. The van der Waals surface area contributed by atoms with E-state index in [9.17, 15) is 22.8 Å². The SMILES string of the molecule is CC1(C)OC(=O)C(=CNc2ccccc2OCC(F)(F)F)C(=O)O1. The molecule has 0 atom stereocenters. The summed E-state index contributed by atoms with van der Waals surface area (Å²) < 4.78 is 51.2. The zero-order valence-corrected chi connectivity index (χ0v) is 12.8. The number of ether oxygens (including phenoxy) is 3. The van der Waals surface area contributed by atoms with E-state index in [0.29, 0.717) is 0 Å². The quantitative estimate of drug-likeness (QED) is 0.514. The maximum absolute atomic E-state index is 12.2. The van der Waals surface area contributed by atoms with Crippen LogP contribution < -0.4 is 10.1 Å². The molecule has 1 fully saturated rings. The molecule has 0 aliphatic carbocycles. The van der Waals surface area contributed by atoms with Gasteiger partial charge in [0.2, 0.25) is 0 Å². The van der Waals surface area contributed by atoms with Crippen LogP contribution in [0.25, 0.3) is 0 Å². The van der Waals surface area contributed by atoms with E-state index in [1.54, 1.807) is 6.07 Å². The van der Waals surface area contributed by atoms with Crippen molar-refractivity contribution in [3.05, 3.63) is 36.0 Å². The van der Waals surface area contributed by atoms with Crippen LogP contribution in [-0.4, -0.2) is 30.5 Å². The summed E-state index contributed by atoms with van der Waals surface area (Å²) in [7, 11) is 0. The van der Waals surface area contributed by atoms with Gasteiger partial charge in [-0.05, 0) is 12.1 Å². The largest absolute Gasteiger partial charge is 0.482 e. The van der Waals surface area contributed by atoms with Crippen molar-refractivity contribution in [3.8, 4) is 5.75 Å². The number of esters is 2. The van der Waals surface area contributed by atoms with Gasteiger partial charge in [0.1, 0.15) is 5.75 Å². The van der Waals surface area contributed by atoms with Gasteiger partial charge in [0.05, 0.1) is 5.69 Å². The van der Waals surface area contributed by atoms with E-state index in [-0.39, 0.29) is 11.4 Å². The third kappa shape index (κ3) is 4.64. The van der Waals surface area contributed by atoms with Gasteiger partial charge < -0.3 is 19.5 Å². The van der Waals surface area contributed by atoms with E-state index < -0.39 is 36.1 Å². The van der Waals surface area contributed by atoms with Gasteiger partial charge in [-0.15, -0.1) is 0 Å². The third-order valence-electron chi connectivity index (χ3n) is 2.77. The van der Waals surface area contributed by atoms with Crippen molar-refractivity contribution < 1.29 is 37.0 Å². The molecule has 24 heavy (non-hydrogen) atoms. The van der Waals surface area contributed by atoms with Crippen LogP contribution in [0.1, 0.15) is 13.8 Å². The number of rotatable bonds is 4. The van der Waals surface area contributed by atoms with Gasteiger partial charge in [-0.2, -0.15) is 13.2 Å². The molecule has 0 bridgehead atoms. The fourth-order valence-corrected chi connectivity index (χ4v) is 1.80. The Kier molecular flexibility index (Phi) is 4.72. The Morgan fingerprint density at radius 3 is 2.33 bits per heavy atom. The molecule has 2 rings (SSSR count). The second-order valence-corrected chi connectivity index (χ2v) is 5.28. The normalized spacial score (nSPS) is 17.0. The van der Waals surface area contributed by atoms with E-state index in [2.05, 4.69) is 10.1 Å². The lowest BCUT2D eigenvalue weighted by Gasteiger charge is -2.29. The molecule has 1 N–H and O–H groups in total. The molecular weight excluding hydrogens is 331 g/mol. The highest BCUT2D eigenvalue weighted by molar-refractivity contribution is 6.15. The van der Waals surface area contributed by atoms with Crippen LogP contribution in [0.2, 0.25) is 0 Å². The average Bonchev–Trinajstić information content (AvgIpc) is 2.43. The molecule has 0 radical (unpaired) electrons. The lowest BCUT2D eigenvalue weighted by Crippen LogP contribution is -2.42. The number of alkyl halides is 3. The molecule has 9 heteroatoms. The lowest BCUT2D eigenvalue weighted by molar-refractivity contribution is -0.222. The van der Waals surface area contributed by atoms with Crippen molar-refractivity contribution in [2.45, 2.75) is 25.8 Å². The average molecular weight is 345 g/mol. The van der Waals surface area contributed by atoms with Crippen LogP contribution in [0.5, 0.6) is 5.75 Å². The van der Waals surface area contributed by atoms with Gasteiger partial charge in [0.15, 0.2) is 12.2 Å². The second kappa shape index (κ2) is 6.42. The number of hydrogen-bond acceptors (Lipinski definition) is 6. The second-order valence-electron chi connectivity index (χ2n) is 5.28. The van der Waals surface area contributed by atoms with Gasteiger partial charge in [0, 0.05) is 20.0 Å². The Labute approximate surface area is 135 Å². The fourth-order valence-electron chi connectivity index (χ4n) is 1.80. The van der Waals surface area contributed by atoms with E-state index in [1.165, 1.54) is 32.0 Å². The topological polar surface area (TPSA) is 73.9 Å². The zero-order chi connectivity index (χ0) is 18.0. The van der Waals surface area contributed by atoms with Gasteiger partial charge >= 0.3 is 18.1 Å². The van der Waals surface area contributed by atoms with Crippen LogP contribution in [0.15, 0.2) is 36.0 Å². The predicted molar refractivity (Wildman–Crippen MR) is 76.0 cm³/mol.